The summed E-state index contributed by atoms with van der Waals surface area (Å²) < 4.78 is 25.1. The van der Waals surface area contributed by atoms with E-state index in [-0.39, 0.29) is 22.0 Å². The Hall–Kier alpha value is -1.93. The molecule has 0 aliphatic carbocycles. The van der Waals surface area contributed by atoms with Gasteiger partial charge in [0.15, 0.2) is 9.84 Å². The highest BCUT2D eigenvalue weighted by Gasteiger charge is 2.20. The highest BCUT2D eigenvalue weighted by atomic mass is 79.9. The van der Waals surface area contributed by atoms with E-state index in [0.717, 1.165) is 0 Å². The van der Waals surface area contributed by atoms with Crippen LogP contribution in [0.3, 0.4) is 0 Å². The van der Waals surface area contributed by atoms with Crippen molar-refractivity contribution in [3.63, 3.8) is 0 Å². The average molecular weight is 371 g/mol. The Balaban J connectivity index is 2.38. The number of non-ortho nitro benzene ring substituents is 1. The van der Waals surface area contributed by atoms with E-state index in [1.54, 1.807) is 12.1 Å². The number of para-hydroxylation sites is 1. The van der Waals surface area contributed by atoms with E-state index in [9.17, 15) is 18.5 Å². The lowest BCUT2D eigenvalue weighted by molar-refractivity contribution is -0.384. The number of hydrogen-bond acceptors (Lipinski definition) is 5. The molecule has 0 spiro atoms. The summed E-state index contributed by atoms with van der Waals surface area (Å²) in [5, 5.41) is 10.7. The Morgan fingerprint density at radius 3 is 2.43 bits per heavy atom. The minimum Gasteiger partial charge on any atom is -0.398 e. The Bertz CT molecular complexity index is 806. The normalized spacial score (nSPS) is 11.3. The predicted molar refractivity (Wildman–Crippen MR) is 82.5 cm³/mol. The second kappa shape index (κ2) is 5.82. The molecule has 2 aromatic rings. The molecule has 0 aliphatic heterocycles. The van der Waals surface area contributed by atoms with Crippen molar-refractivity contribution in [2.24, 2.45) is 0 Å². The van der Waals surface area contributed by atoms with Crippen molar-refractivity contribution in [2.45, 2.75) is 10.6 Å². The Labute approximate surface area is 129 Å². The van der Waals surface area contributed by atoms with Gasteiger partial charge in [0, 0.05) is 16.6 Å². The van der Waals surface area contributed by atoms with Crippen LogP contribution in [0.1, 0.15) is 5.56 Å². The highest BCUT2D eigenvalue weighted by Crippen LogP contribution is 2.28. The fourth-order valence-corrected chi connectivity index (χ4v) is 4.04. The van der Waals surface area contributed by atoms with Gasteiger partial charge in [0.05, 0.1) is 21.3 Å². The standard InChI is InChI=1S/C13H11BrN2O4S/c14-11-7-10(16(17)18)6-5-9(11)8-21(19,20)13-4-2-1-3-12(13)15/h1-7H,8,15H2. The van der Waals surface area contributed by atoms with Gasteiger partial charge in [-0.05, 0) is 17.7 Å². The molecule has 21 heavy (non-hydrogen) atoms. The van der Waals surface area contributed by atoms with Crippen molar-refractivity contribution in [1.82, 2.24) is 0 Å². The third kappa shape index (κ3) is 3.40. The maximum atomic E-state index is 12.4. The van der Waals surface area contributed by atoms with Gasteiger partial charge in [-0.2, -0.15) is 0 Å². The van der Waals surface area contributed by atoms with Crippen molar-refractivity contribution < 1.29 is 13.3 Å². The van der Waals surface area contributed by atoms with E-state index in [1.165, 1.54) is 30.3 Å². The summed E-state index contributed by atoms with van der Waals surface area (Å²) in [5.74, 6) is -0.292. The second-order valence-corrected chi connectivity index (χ2v) is 7.14. The number of hydrogen-bond donors (Lipinski definition) is 1. The average Bonchev–Trinajstić information content (AvgIpc) is 2.41. The minimum absolute atomic E-state index is 0.0512. The molecular formula is C13H11BrN2O4S. The zero-order valence-electron chi connectivity index (χ0n) is 10.7. The van der Waals surface area contributed by atoms with Gasteiger partial charge in [0.25, 0.3) is 5.69 Å². The van der Waals surface area contributed by atoms with E-state index in [0.29, 0.717) is 10.0 Å². The van der Waals surface area contributed by atoms with Crippen LogP contribution in [0, 0.1) is 10.1 Å². The van der Waals surface area contributed by atoms with Gasteiger partial charge < -0.3 is 5.73 Å². The van der Waals surface area contributed by atoms with Gasteiger partial charge in [0.2, 0.25) is 0 Å². The molecule has 8 heteroatoms. The zero-order chi connectivity index (χ0) is 15.6. The fourth-order valence-electron chi connectivity index (χ4n) is 1.81. The number of rotatable bonds is 4. The first-order valence-electron chi connectivity index (χ1n) is 5.81. The van der Waals surface area contributed by atoms with Gasteiger partial charge in [-0.1, -0.05) is 34.1 Å². The van der Waals surface area contributed by atoms with Crippen LogP contribution in [0.4, 0.5) is 11.4 Å². The topological polar surface area (TPSA) is 103 Å². The van der Waals surface area contributed by atoms with Crippen LogP contribution in [0.2, 0.25) is 0 Å². The van der Waals surface area contributed by atoms with Crippen LogP contribution in [0.15, 0.2) is 51.8 Å². The molecule has 0 aliphatic rings. The minimum atomic E-state index is -3.62. The van der Waals surface area contributed by atoms with Gasteiger partial charge in [-0.15, -0.1) is 0 Å². The first kappa shape index (κ1) is 15.5. The number of nitrogens with two attached hydrogens (primary N) is 1. The number of nitro benzene ring substituents is 1. The van der Waals surface area contributed by atoms with Crippen LogP contribution >= 0.6 is 15.9 Å². The van der Waals surface area contributed by atoms with Crippen molar-refractivity contribution in [2.75, 3.05) is 5.73 Å². The smallest absolute Gasteiger partial charge is 0.270 e. The molecule has 2 rings (SSSR count). The molecular weight excluding hydrogens is 360 g/mol. The maximum absolute atomic E-state index is 12.4. The van der Waals surface area contributed by atoms with Gasteiger partial charge in [-0.25, -0.2) is 8.42 Å². The number of benzene rings is 2. The summed E-state index contributed by atoms with van der Waals surface area (Å²) in [4.78, 5) is 10.2. The summed E-state index contributed by atoms with van der Waals surface area (Å²) in [5.41, 5.74) is 6.18. The molecule has 0 unspecified atom stereocenters. The summed E-state index contributed by atoms with van der Waals surface area (Å²) in [6.45, 7) is 0. The second-order valence-electron chi connectivity index (χ2n) is 4.33. The van der Waals surface area contributed by atoms with Crippen LogP contribution in [0.25, 0.3) is 0 Å². The Kier molecular flexibility index (Phi) is 4.29. The molecule has 0 atom stereocenters. The van der Waals surface area contributed by atoms with Gasteiger partial charge in [0.1, 0.15) is 0 Å². The lowest BCUT2D eigenvalue weighted by atomic mass is 10.2. The van der Waals surface area contributed by atoms with E-state index in [1.807, 2.05) is 0 Å². The largest absolute Gasteiger partial charge is 0.398 e. The molecule has 0 radical (unpaired) electrons. The van der Waals surface area contributed by atoms with Crippen LogP contribution < -0.4 is 5.73 Å². The Morgan fingerprint density at radius 2 is 1.86 bits per heavy atom. The molecule has 0 aromatic heterocycles. The SMILES string of the molecule is Nc1ccccc1S(=O)(=O)Cc1ccc([N+](=O)[O-])cc1Br. The lowest BCUT2D eigenvalue weighted by Gasteiger charge is -2.08. The number of halogens is 1. The van der Waals surface area contributed by atoms with E-state index < -0.39 is 14.8 Å². The fraction of sp³-hybridized carbons (Fsp3) is 0.0769. The van der Waals surface area contributed by atoms with Crippen molar-refractivity contribution >= 4 is 37.1 Å². The van der Waals surface area contributed by atoms with E-state index >= 15 is 0 Å². The third-order valence-corrected chi connectivity index (χ3v) is 5.32. The van der Waals surface area contributed by atoms with Crippen LogP contribution in [0.5, 0.6) is 0 Å². The lowest BCUT2D eigenvalue weighted by Crippen LogP contribution is -2.08. The van der Waals surface area contributed by atoms with Gasteiger partial charge >= 0.3 is 0 Å². The van der Waals surface area contributed by atoms with Crippen LogP contribution in [-0.4, -0.2) is 13.3 Å². The Morgan fingerprint density at radius 1 is 1.19 bits per heavy atom. The molecule has 0 saturated heterocycles. The van der Waals surface area contributed by atoms with Crippen molar-refractivity contribution in [3.05, 3.63) is 62.6 Å². The molecule has 0 bridgehead atoms. The molecule has 2 aromatic carbocycles. The van der Waals surface area contributed by atoms with Gasteiger partial charge in [-0.3, -0.25) is 10.1 Å². The van der Waals surface area contributed by atoms with Crippen molar-refractivity contribution in [3.8, 4) is 0 Å². The summed E-state index contributed by atoms with van der Waals surface area (Å²) in [6, 6.07) is 10.1. The van der Waals surface area contributed by atoms with Crippen molar-refractivity contribution in [1.29, 1.82) is 0 Å². The summed E-state index contributed by atoms with van der Waals surface area (Å²) in [7, 11) is -3.62. The molecule has 110 valence electrons. The highest BCUT2D eigenvalue weighted by molar-refractivity contribution is 9.10. The first-order valence-corrected chi connectivity index (χ1v) is 8.26. The predicted octanol–water partition coefficient (Wildman–Crippen LogP) is 2.91. The summed E-state index contributed by atoms with van der Waals surface area (Å²) >= 11 is 3.16. The number of anilines is 1. The number of sulfone groups is 1. The van der Waals surface area contributed by atoms with Crippen LogP contribution in [-0.2, 0) is 15.6 Å². The molecule has 0 heterocycles. The first-order chi connectivity index (χ1) is 9.81. The number of nitro groups is 1. The van der Waals surface area contributed by atoms with E-state index in [2.05, 4.69) is 15.9 Å². The maximum Gasteiger partial charge on any atom is 0.270 e. The monoisotopic (exact) mass is 370 g/mol. The number of nitrogens with zero attached hydrogens (tertiary/aromatic N) is 1. The number of nitrogen functional groups attached to an aromatic ring is 1. The molecule has 0 saturated carbocycles. The quantitative estimate of drug-likeness (QED) is 0.506. The molecule has 0 fully saturated rings. The summed E-state index contributed by atoms with van der Waals surface area (Å²) in [6.07, 6.45) is 0. The molecule has 2 N–H and O–H groups in total. The third-order valence-electron chi connectivity index (χ3n) is 2.85. The molecule has 6 nitrogen and oxygen atoms in total. The zero-order valence-corrected chi connectivity index (χ0v) is 13.1. The molecule has 0 amide bonds. The van der Waals surface area contributed by atoms with E-state index in [4.69, 9.17) is 5.73 Å².